The molecule has 0 spiro atoms. The molecule has 158 valence electrons. The number of amides is 1. The first-order valence-corrected chi connectivity index (χ1v) is 9.67. The maximum Gasteiger partial charge on any atom is 0.270 e. The number of hydrogen-bond acceptors (Lipinski definition) is 9. The zero-order valence-corrected chi connectivity index (χ0v) is 16.9. The van der Waals surface area contributed by atoms with E-state index in [1.807, 2.05) is 0 Å². The summed E-state index contributed by atoms with van der Waals surface area (Å²) in [5, 5.41) is 34.0. The Hall–Kier alpha value is -4.13. The van der Waals surface area contributed by atoms with Crippen molar-refractivity contribution in [2.45, 2.75) is 5.16 Å². The second-order valence-corrected chi connectivity index (χ2v) is 7.05. The van der Waals surface area contributed by atoms with Gasteiger partial charge in [-0.15, -0.1) is 10.2 Å². The van der Waals surface area contributed by atoms with E-state index in [0.717, 1.165) is 11.8 Å². The Labute approximate surface area is 179 Å². The van der Waals surface area contributed by atoms with Crippen molar-refractivity contribution in [3.05, 3.63) is 74.3 Å². The molecule has 13 heteroatoms. The number of carbonyl (C=O) groups excluding carboxylic acids is 1. The molecule has 1 heterocycles. The van der Waals surface area contributed by atoms with E-state index in [9.17, 15) is 25.0 Å². The van der Waals surface area contributed by atoms with Gasteiger partial charge >= 0.3 is 0 Å². The second-order valence-electron chi connectivity index (χ2n) is 6.11. The van der Waals surface area contributed by atoms with Crippen LogP contribution < -0.4 is 5.43 Å². The molecule has 0 unspecified atom stereocenters. The smallest absolute Gasteiger partial charge is 0.270 e. The van der Waals surface area contributed by atoms with Gasteiger partial charge in [0.05, 0.1) is 21.8 Å². The van der Waals surface area contributed by atoms with Gasteiger partial charge < -0.3 is 4.57 Å². The number of thioether (sulfide) groups is 1. The molecule has 2 aromatic carbocycles. The Kier molecular flexibility index (Phi) is 6.67. The number of non-ortho nitro benzene ring substituents is 2. The first-order valence-electron chi connectivity index (χ1n) is 8.68. The van der Waals surface area contributed by atoms with E-state index >= 15 is 0 Å². The predicted octanol–water partition coefficient (Wildman–Crippen LogP) is 2.54. The van der Waals surface area contributed by atoms with Gasteiger partial charge in [0.15, 0.2) is 11.0 Å². The van der Waals surface area contributed by atoms with Crippen molar-refractivity contribution in [1.29, 1.82) is 0 Å². The highest BCUT2D eigenvalue weighted by atomic mass is 32.2. The zero-order valence-electron chi connectivity index (χ0n) is 16.0. The monoisotopic (exact) mass is 441 g/mol. The Balaban J connectivity index is 1.59. The van der Waals surface area contributed by atoms with E-state index in [1.165, 1.54) is 36.5 Å². The number of nitrogens with one attached hydrogen (secondary N) is 1. The van der Waals surface area contributed by atoms with Gasteiger partial charge in [-0.2, -0.15) is 5.10 Å². The quantitative estimate of drug-likeness (QED) is 0.242. The molecule has 0 radical (unpaired) electrons. The maximum absolute atomic E-state index is 12.0. The molecule has 0 atom stereocenters. The summed E-state index contributed by atoms with van der Waals surface area (Å²) in [6.45, 7) is 0. The van der Waals surface area contributed by atoms with E-state index in [0.29, 0.717) is 22.1 Å². The molecule has 0 saturated heterocycles. The van der Waals surface area contributed by atoms with E-state index < -0.39 is 15.8 Å². The summed E-state index contributed by atoms with van der Waals surface area (Å²) in [7, 11) is 1.69. The molecule has 0 aliphatic carbocycles. The van der Waals surface area contributed by atoms with E-state index in [4.69, 9.17) is 0 Å². The fraction of sp³-hybridized carbons (Fsp3) is 0.111. The van der Waals surface area contributed by atoms with Crippen molar-refractivity contribution in [2.24, 2.45) is 12.1 Å². The summed E-state index contributed by atoms with van der Waals surface area (Å²) in [6, 6.07) is 11.8. The third kappa shape index (κ3) is 5.48. The van der Waals surface area contributed by atoms with Crippen LogP contribution in [0.15, 0.2) is 58.8 Å². The van der Waals surface area contributed by atoms with Gasteiger partial charge in [0, 0.05) is 42.4 Å². The number of nitrogens with zero attached hydrogens (tertiary/aromatic N) is 6. The molecule has 1 N–H and O–H groups in total. The minimum atomic E-state index is -0.518. The fourth-order valence-corrected chi connectivity index (χ4v) is 3.21. The molecular formula is C18H15N7O5S. The number of rotatable bonds is 8. The van der Waals surface area contributed by atoms with E-state index in [-0.39, 0.29) is 17.1 Å². The first-order chi connectivity index (χ1) is 14.8. The van der Waals surface area contributed by atoms with Crippen molar-refractivity contribution >= 4 is 35.3 Å². The Morgan fingerprint density at radius 1 is 1.13 bits per heavy atom. The molecule has 0 aliphatic heterocycles. The lowest BCUT2D eigenvalue weighted by Crippen LogP contribution is -2.19. The van der Waals surface area contributed by atoms with Crippen molar-refractivity contribution < 1.29 is 14.6 Å². The SMILES string of the molecule is Cn1c(SCC(=O)NN=Cc2cccc([N+](=O)[O-])c2)nnc1-c1cccc([N+](=O)[O-])c1. The fourth-order valence-electron chi connectivity index (χ4n) is 2.51. The lowest BCUT2D eigenvalue weighted by molar-refractivity contribution is -0.385. The number of nitro benzene ring substituents is 2. The van der Waals surface area contributed by atoms with Crippen molar-refractivity contribution in [2.75, 3.05) is 5.75 Å². The van der Waals surface area contributed by atoms with E-state index in [1.54, 1.807) is 29.8 Å². The Bertz CT molecular complexity index is 1180. The minimum absolute atomic E-state index is 0.00676. The molecule has 12 nitrogen and oxygen atoms in total. The van der Waals surface area contributed by atoms with Gasteiger partial charge in [-0.1, -0.05) is 36.0 Å². The predicted molar refractivity (Wildman–Crippen MR) is 113 cm³/mol. The number of hydrazone groups is 1. The van der Waals surface area contributed by atoms with Gasteiger partial charge in [-0.05, 0) is 0 Å². The van der Waals surface area contributed by atoms with Gasteiger partial charge in [-0.3, -0.25) is 25.0 Å². The molecule has 31 heavy (non-hydrogen) atoms. The highest BCUT2D eigenvalue weighted by Gasteiger charge is 2.15. The number of benzene rings is 2. The number of hydrogen-bond donors (Lipinski definition) is 1. The average Bonchev–Trinajstić information content (AvgIpc) is 3.13. The minimum Gasteiger partial charge on any atom is -0.305 e. The zero-order chi connectivity index (χ0) is 22.4. The van der Waals surface area contributed by atoms with Gasteiger partial charge in [0.2, 0.25) is 0 Å². The van der Waals surface area contributed by atoms with Crippen LogP contribution in [-0.4, -0.2) is 42.5 Å². The lowest BCUT2D eigenvalue weighted by atomic mass is 10.2. The van der Waals surface area contributed by atoms with Crippen LogP contribution in [0, 0.1) is 20.2 Å². The van der Waals surface area contributed by atoms with Crippen LogP contribution >= 0.6 is 11.8 Å². The van der Waals surface area contributed by atoms with Crippen LogP contribution in [0.1, 0.15) is 5.56 Å². The summed E-state index contributed by atoms with van der Waals surface area (Å²) in [5.74, 6) is 0.00887. The van der Waals surface area contributed by atoms with Gasteiger partial charge in [0.25, 0.3) is 17.3 Å². The van der Waals surface area contributed by atoms with Crippen LogP contribution in [0.3, 0.4) is 0 Å². The number of nitro groups is 2. The van der Waals surface area contributed by atoms with Crippen molar-refractivity contribution in [3.8, 4) is 11.4 Å². The molecule has 3 rings (SSSR count). The van der Waals surface area contributed by atoms with Crippen molar-refractivity contribution in [3.63, 3.8) is 0 Å². The van der Waals surface area contributed by atoms with Gasteiger partial charge in [-0.25, -0.2) is 5.43 Å². The summed E-state index contributed by atoms with van der Waals surface area (Å²) in [4.78, 5) is 32.7. The Morgan fingerprint density at radius 2 is 1.81 bits per heavy atom. The number of carbonyl (C=O) groups is 1. The summed E-state index contributed by atoms with van der Waals surface area (Å²) < 4.78 is 1.63. The highest BCUT2D eigenvalue weighted by molar-refractivity contribution is 7.99. The van der Waals surface area contributed by atoms with Crippen LogP contribution in [0.4, 0.5) is 11.4 Å². The first kappa shape index (κ1) is 21.6. The largest absolute Gasteiger partial charge is 0.305 e. The molecule has 1 amide bonds. The molecule has 0 fully saturated rings. The normalized spacial score (nSPS) is 10.9. The standard InChI is InChI=1S/C18H15N7O5S/c1-23-17(13-5-3-7-15(9-13)25(29)30)21-22-18(23)31-11-16(26)20-19-10-12-4-2-6-14(8-12)24(27)28/h2-10H,11H2,1H3,(H,20,26). The maximum atomic E-state index is 12.0. The average molecular weight is 441 g/mol. The third-order valence-electron chi connectivity index (χ3n) is 3.97. The Morgan fingerprint density at radius 3 is 2.52 bits per heavy atom. The summed E-state index contributed by atoms with van der Waals surface area (Å²) in [5.41, 5.74) is 3.20. The highest BCUT2D eigenvalue weighted by Crippen LogP contribution is 2.25. The molecule has 0 saturated carbocycles. The summed E-state index contributed by atoms with van der Waals surface area (Å²) in [6.07, 6.45) is 1.30. The van der Waals surface area contributed by atoms with Crippen LogP contribution in [0.2, 0.25) is 0 Å². The van der Waals surface area contributed by atoms with Crippen LogP contribution in [0.5, 0.6) is 0 Å². The lowest BCUT2D eigenvalue weighted by Gasteiger charge is -2.03. The molecule has 1 aromatic heterocycles. The molecule has 0 bridgehead atoms. The van der Waals surface area contributed by atoms with Gasteiger partial charge in [0.1, 0.15) is 0 Å². The molecule has 0 aliphatic rings. The number of aromatic nitrogens is 3. The van der Waals surface area contributed by atoms with E-state index in [2.05, 4.69) is 20.7 Å². The van der Waals surface area contributed by atoms with Crippen molar-refractivity contribution in [1.82, 2.24) is 20.2 Å². The third-order valence-corrected chi connectivity index (χ3v) is 4.99. The van der Waals surface area contributed by atoms with Crippen LogP contribution in [0.25, 0.3) is 11.4 Å². The topological polar surface area (TPSA) is 158 Å². The molecular weight excluding hydrogens is 426 g/mol. The molecule has 3 aromatic rings. The van der Waals surface area contributed by atoms with Crippen LogP contribution in [-0.2, 0) is 11.8 Å². The second kappa shape index (κ2) is 9.58. The summed E-state index contributed by atoms with van der Waals surface area (Å²) >= 11 is 1.11.